The van der Waals surface area contributed by atoms with Crippen LogP contribution in [0.2, 0.25) is 0 Å². The van der Waals surface area contributed by atoms with E-state index in [1.165, 1.54) is 7.11 Å². The van der Waals surface area contributed by atoms with Crippen LogP contribution >= 0.6 is 0 Å². The number of para-hydroxylation sites is 2. The maximum absolute atomic E-state index is 15.6. The molecule has 2 aliphatic heterocycles. The first-order valence-corrected chi connectivity index (χ1v) is 14.4. The fraction of sp³-hybridized carbons (Fsp3) is 0.412. The van der Waals surface area contributed by atoms with Gasteiger partial charge in [-0.05, 0) is 112 Å². The van der Waals surface area contributed by atoms with E-state index >= 15 is 4.39 Å². The predicted octanol–water partition coefficient (Wildman–Crippen LogP) is 7.43. The lowest BCUT2D eigenvalue weighted by Crippen LogP contribution is -2.29. The quantitative estimate of drug-likeness (QED) is 0.230. The van der Waals surface area contributed by atoms with Crippen molar-refractivity contribution < 1.29 is 27.8 Å². The Morgan fingerprint density at radius 3 is 2.45 bits per heavy atom. The largest absolute Gasteiger partial charge is 0.490 e. The summed E-state index contributed by atoms with van der Waals surface area (Å²) in [7, 11) is 1.37. The lowest BCUT2D eigenvalue weighted by atomic mass is 9.80. The van der Waals surface area contributed by atoms with Crippen molar-refractivity contribution in [2.45, 2.75) is 79.2 Å². The average molecular weight is 573 g/mol. The van der Waals surface area contributed by atoms with Gasteiger partial charge < -0.3 is 23.5 Å². The molecule has 42 heavy (non-hydrogen) atoms. The number of anilines is 1. The molecule has 0 saturated heterocycles. The number of fused-ring (bicyclic) bond motifs is 3. The van der Waals surface area contributed by atoms with Gasteiger partial charge in [0.1, 0.15) is 5.52 Å². The van der Waals surface area contributed by atoms with E-state index in [0.29, 0.717) is 37.0 Å². The molecule has 1 aromatic heterocycles. The fourth-order valence-corrected chi connectivity index (χ4v) is 6.43. The molecule has 3 aromatic carbocycles. The predicted molar refractivity (Wildman–Crippen MR) is 159 cm³/mol. The number of methoxy groups -OCH3 is 1. The maximum atomic E-state index is 15.6. The third-order valence-electron chi connectivity index (χ3n) is 8.42. The average Bonchev–Trinajstić information content (AvgIpc) is 3.60. The normalized spacial score (nSPS) is 15.4. The van der Waals surface area contributed by atoms with Gasteiger partial charge in [-0.25, -0.2) is 9.18 Å². The molecule has 6 rings (SSSR count). The molecule has 0 amide bonds. The smallest absolute Gasteiger partial charge is 0.339 e. The summed E-state index contributed by atoms with van der Waals surface area (Å²) < 4.78 is 39.2. The standard InChI is InChI=1S/C34H37FN2O5/c1-18-21-11-10-14-40-30(21)25(35)15-22(18)28-19(2)23-16-37(33-36-26-12-8-9-13-27(26)41-33)17-24(23)20(3)29(28)31(32(38)39-7)42-34(4,5)6/h8-9,12-13,15,31H,10-11,14,16-17H2,1-7H3/t31-/m0/s1. The first-order chi connectivity index (χ1) is 20.0. The van der Waals surface area contributed by atoms with Crippen molar-refractivity contribution in [2.75, 3.05) is 18.6 Å². The molecule has 8 heteroatoms. The highest BCUT2D eigenvalue weighted by atomic mass is 19.1. The van der Waals surface area contributed by atoms with Gasteiger partial charge in [-0.2, -0.15) is 4.98 Å². The molecule has 0 aliphatic carbocycles. The van der Waals surface area contributed by atoms with E-state index < -0.39 is 23.5 Å². The first kappa shape index (κ1) is 28.2. The van der Waals surface area contributed by atoms with Gasteiger partial charge in [-0.15, -0.1) is 0 Å². The van der Waals surface area contributed by atoms with Gasteiger partial charge in [0.05, 0.1) is 19.3 Å². The Labute approximate surface area is 245 Å². The molecule has 0 unspecified atom stereocenters. The summed E-state index contributed by atoms with van der Waals surface area (Å²) in [5, 5.41) is 0. The first-order valence-electron chi connectivity index (χ1n) is 14.4. The maximum Gasteiger partial charge on any atom is 0.339 e. The van der Waals surface area contributed by atoms with Gasteiger partial charge in [0.2, 0.25) is 0 Å². The highest BCUT2D eigenvalue weighted by molar-refractivity contribution is 5.87. The number of hydrogen-bond donors (Lipinski definition) is 0. The second kappa shape index (κ2) is 10.4. The zero-order valence-corrected chi connectivity index (χ0v) is 25.3. The molecule has 7 nitrogen and oxygen atoms in total. The highest BCUT2D eigenvalue weighted by Crippen LogP contribution is 2.47. The second-order valence-corrected chi connectivity index (χ2v) is 12.2. The number of carbonyl (C=O) groups is 1. The van der Waals surface area contributed by atoms with Gasteiger partial charge in [0.15, 0.2) is 23.3 Å². The minimum atomic E-state index is -1.01. The third kappa shape index (κ3) is 4.71. The van der Waals surface area contributed by atoms with Gasteiger partial charge in [-0.1, -0.05) is 12.1 Å². The zero-order chi connectivity index (χ0) is 29.9. The van der Waals surface area contributed by atoms with E-state index in [-0.39, 0.29) is 0 Å². The van der Waals surface area contributed by atoms with Crippen molar-refractivity contribution in [3.63, 3.8) is 0 Å². The number of hydrogen-bond acceptors (Lipinski definition) is 7. The van der Waals surface area contributed by atoms with Crippen LogP contribution in [-0.2, 0) is 33.8 Å². The van der Waals surface area contributed by atoms with Crippen molar-refractivity contribution in [3.05, 3.63) is 75.1 Å². The molecule has 0 bridgehead atoms. The molecule has 0 saturated carbocycles. The minimum Gasteiger partial charge on any atom is -0.490 e. The number of rotatable bonds is 5. The van der Waals surface area contributed by atoms with Crippen LogP contribution in [0.5, 0.6) is 5.75 Å². The van der Waals surface area contributed by atoms with Crippen LogP contribution in [0.15, 0.2) is 34.7 Å². The van der Waals surface area contributed by atoms with Crippen molar-refractivity contribution in [1.82, 2.24) is 4.98 Å². The van der Waals surface area contributed by atoms with Gasteiger partial charge >= 0.3 is 5.97 Å². The van der Waals surface area contributed by atoms with Crippen LogP contribution in [-0.4, -0.2) is 30.3 Å². The van der Waals surface area contributed by atoms with Gasteiger partial charge in [0.25, 0.3) is 6.01 Å². The summed E-state index contributed by atoms with van der Waals surface area (Å²) in [6.07, 6.45) is 0.541. The number of ether oxygens (including phenoxy) is 3. The monoisotopic (exact) mass is 572 g/mol. The molecule has 3 heterocycles. The Balaban J connectivity index is 1.59. The molecule has 0 radical (unpaired) electrons. The summed E-state index contributed by atoms with van der Waals surface area (Å²) >= 11 is 0. The third-order valence-corrected chi connectivity index (χ3v) is 8.42. The topological polar surface area (TPSA) is 74.0 Å². The highest BCUT2D eigenvalue weighted by Gasteiger charge is 2.38. The van der Waals surface area contributed by atoms with E-state index in [4.69, 9.17) is 23.6 Å². The molecule has 0 N–H and O–H groups in total. The molecule has 0 fully saturated rings. The number of aromatic nitrogens is 1. The van der Waals surface area contributed by atoms with E-state index in [2.05, 4.69) is 4.90 Å². The Bertz CT molecular complexity index is 1680. The molecular formula is C34H37FN2O5. The Morgan fingerprint density at radius 1 is 1.05 bits per heavy atom. The van der Waals surface area contributed by atoms with Crippen molar-refractivity contribution >= 4 is 23.1 Å². The zero-order valence-electron chi connectivity index (χ0n) is 25.3. The lowest BCUT2D eigenvalue weighted by Gasteiger charge is -2.31. The van der Waals surface area contributed by atoms with Gasteiger partial charge in [-0.3, -0.25) is 0 Å². The fourth-order valence-electron chi connectivity index (χ4n) is 6.43. The Kier molecular flexibility index (Phi) is 7.00. The van der Waals surface area contributed by atoms with Crippen molar-refractivity contribution in [2.24, 2.45) is 0 Å². The van der Waals surface area contributed by atoms with Crippen molar-refractivity contribution in [1.29, 1.82) is 0 Å². The molecular weight excluding hydrogens is 535 g/mol. The van der Waals surface area contributed by atoms with Crippen LogP contribution in [0.3, 0.4) is 0 Å². The van der Waals surface area contributed by atoms with Crippen LogP contribution in [0, 0.1) is 26.6 Å². The van der Waals surface area contributed by atoms with Crippen LogP contribution in [0.25, 0.3) is 22.2 Å². The summed E-state index contributed by atoms with van der Waals surface area (Å²) in [5.41, 5.74) is 9.01. The van der Waals surface area contributed by atoms with E-state index in [1.807, 2.05) is 65.8 Å². The van der Waals surface area contributed by atoms with Crippen LogP contribution in [0.4, 0.5) is 10.4 Å². The summed E-state index contributed by atoms with van der Waals surface area (Å²) in [6, 6.07) is 9.79. The van der Waals surface area contributed by atoms with E-state index in [0.717, 1.165) is 68.4 Å². The Morgan fingerprint density at radius 2 is 1.76 bits per heavy atom. The number of esters is 1. The molecule has 1 atom stereocenters. The minimum absolute atomic E-state index is 0.331. The molecule has 0 spiro atoms. The molecule has 220 valence electrons. The number of carbonyl (C=O) groups excluding carboxylic acids is 1. The molecule has 4 aromatic rings. The van der Waals surface area contributed by atoms with Crippen molar-refractivity contribution in [3.8, 4) is 16.9 Å². The van der Waals surface area contributed by atoms with Crippen LogP contribution < -0.4 is 9.64 Å². The summed E-state index contributed by atoms with van der Waals surface area (Å²) in [6.45, 7) is 13.4. The summed E-state index contributed by atoms with van der Waals surface area (Å²) in [5.74, 6) is -0.563. The lowest BCUT2D eigenvalue weighted by molar-refractivity contribution is -0.164. The number of halogens is 1. The molecule has 2 aliphatic rings. The van der Waals surface area contributed by atoms with Crippen LogP contribution in [0.1, 0.15) is 72.2 Å². The van der Waals surface area contributed by atoms with Gasteiger partial charge in [0, 0.05) is 24.2 Å². The second-order valence-electron chi connectivity index (χ2n) is 12.2. The summed E-state index contributed by atoms with van der Waals surface area (Å²) in [4.78, 5) is 20.3. The number of benzene rings is 3. The number of nitrogens with zero attached hydrogens (tertiary/aromatic N) is 2. The van der Waals surface area contributed by atoms with E-state index in [1.54, 1.807) is 6.07 Å². The SMILES string of the molecule is COC(=O)[C@@H](OC(C)(C)C)c1c(C)c2c(c(C)c1-c1cc(F)c3c(c1C)CCCO3)CN(c1nc3ccccc3o1)C2. The van der Waals surface area contributed by atoms with E-state index in [9.17, 15) is 4.79 Å². The number of oxazole rings is 1. The Hall–Kier alpha value is -3.91.